The molecule has 0 aliphatic rings. The molecular weight excluding hydrogens is 138 g/mol. The maximum absolute atomic E-state index is 6.02. The van der Waals surface area contributed by atoms with Gasteiger partial charge in [0, 0.05) is 12.1 Å². The number of hydrogen-bond acceptors (Lipinski definition) is 2. The molecule has 11 heavy (non-hydrogen) atoms. The van der Waals surface area contributed by atoms with Gasteiger partial charge >= 0.3 is 0 Å². The summed E-state index contributed by atoms with van der Waals surface area (Å²) in [5, 5.41) is 0. The second kappa shape index (κ2) is 4.73. The summed E-state index contributed by atoms with van der Waals surface area (Å²) in [7, 11) is 0. The summed E-state index contributed by atoms with van der Waals surface area (Å²) in [5.41, 5.74) is 5.95. The predicted molar refractivity (Wildman–Crippen MR) is 48.5 cm³/mol. The summed E-state index contributed by atoms with van der Waals surface area (Å²) < 4.78 is 5.30. The lowest BCUT2D eigenvalue weighted by Gasteiger charge is -2.30. The van der Waals surface area contributed by atoms with Crippen molar-refractivity contribution in [3.8, 4) is 0 Å². The molecule has 0 fully saturated rings. The van der Waals surface area contributed by atoms with Crippen LogP contribution >= 0.6 is 0 Å². The molecule has 0 amide bonds. The molecule has 2 heteroatoms. The molecular formula is C9H21NO. The van der Waals surface area contributed by atoms with Crippen LogP contribution in [-0.2, 0) is 4.74 Å². The molecule has 2 atom stereocenters. The highest BCUT2D eigenvalue weighted by atomic mass is 16.5. The Morgan fingerprint density at radius 3 is 2.36 bits per heavy atom. The van der Waals surface area contributed by atoms with Gasteiger partial charge < -0.3 is 10.5 Å². The Labute approximate surface area is 70.1 Å². The van der Waals surface area contributed by atoms with E-state index in [0.717, 1.165) is 19.6 Å². The lowest BCUT2D eigenvalue weighted by Crippen LogP contribution is -2.44. The fourth-order valence-corrected chi connectivity index (χ4v) is 0.833. The maximum atomic E-state index is 6.02. The molecule has 0 rings (SSSR count). The van der Waals surface area contributed by atoms with Gasteiger partial charge in [0.2, 0.25) is 0 Å². The summed E-state index contributed by atoms with van der Waals surface area (Å²) in [6.07, 6.45) is 1.00. The van der Waals surface area contributed by atoms with E-state index in [1.807, 2.05) is 6.92 Å². The van der Waals surface area contributed by atoms with Crippen molar-refractivity contribution in [1.29, 1.82) is 0 Å². The van der Waals surface area contributed by atoms with E-state index in [4.69, 9.17) is 10.5 Å². The van der Waals surface area contributed by atoms with Crippen molar-refractivity contribution >= 4 is 0 Å². The highest BCUT2D eigenvalue weighted by Gasteiger charge is 2.23. The molecule has 2 unspecified atom stereocenters. The van der Waals surface area contributed by atoms with E-state index < -0.39 is 0 Å². The van der Waals surface area contributed by atoms with Gasteiger partial charge in [0.15, 0.2) is 0 Å². The molecule has 0 saturated carbocycles. The standard InChI is InChI=1S/C9H21NO/c1-5-9(4,10)8(3)7-11-6-2/h8H,5-7,10H2,1-4H3. The molecule has 0 radical (unpaired) electrons. The molecule has 2 N–H and O–H groups in total. The molecule has 0 aromatic heterocycles. The Hall–Kier alpha value is -0.0800. The minimum atomic E-state index is -0.0742. The highest BCUT2D eigenvalue weighted by Crippen LogP contribution is 2.17. The smallest absolute Gasteiger partial charge is 0.0508 e. The van der Waals surface area contributed by atoms with Crippen LogP contribution in [0, 0.1) is 5.92 Å². The number of nitrogens with two attached hydrogens (primary N) is 1. The summed E-state index contributed by atoms with van der Waals surface area (Å²) >= 11 is 0. The van der Waals surface area contributed by atoms with Crippen molar-refractivity contribution in [3.63, 3.8) is 0 Å². The van der Waals surface area contributed by atoms with Crippen molar-refractivity contribution < 1.29 is 4.74 Å². The van der Waals surface area contributed by atoms with E-state index in [1.165, 1.54) is 0 Å². The van der Waals surface area contributed by atoms with Gasteiger partial charge in [0.25, 0.3) is 0 Å². The molecule has 68 valence electrons. The zero-order chi connectivity index (χ0) is 8.91. The summed E-state index contributed by atoms with van der Waals surface area (Å²) in [5.74, 6) is 0.437. The first-order valence-electron chi connectivity index (χ1n) is 4.41. The van der Waals surface area contributed by atoms with Gasteiger partial charge in [-0.1, -0.05) is 13.8 Å². The van der Waals surface area contributed by atoms with Gasteiger partial charge in [-0.3, -0.25) is 0 Å². The fourth-order valence-electron chi connectivity index (χ4n) is 0.833. The van der Waals surface area contributed by atoms with E-state index >= 15 is 0 Å². The number of rotatable bonds is 5. The molecule has 2 nitrogen and oxygen atoms in total. The minimum Gasteiger partial charge on any atom is -0.381 e. The Balaban J connectivity index is 3.71. The average Bonchev–Trinajstić information content (AvgIpc) is 2.00. The van der Waals surface area contributed by atoms with E-state index in [9.17, 15) is 0 Å². The molecule has 0 saturated heterocycles. The van der Waals surface area contributed by atoms with Gasteiger partial charge in [0.1, 0.15) is 0 Å². The first-order chi connectivity index (χ1) is 5.04. The second-order valence-electron chi connectivity index (χ2n) is 3.42. The molecule has 0 aromatic rings. The van der Waals surface area contributed by atoms with Crippen molar-refractivity contribution in [1.82, 2.24) is 0 Å². The third-order valence-electron chi connectivity index (χ3n) is 2.46. The molecule has 0 heterocycles. The topological polar surface area (TPSA) is 35.2 Å². The van der Waals surface area contributed by atoms with Crippen LogP contribution in [0.1, 0.15) is 34.1 Å². The summed E-state index contributed by atoms with van der Waals surface area (Å²) in [6.45, 7) is 9.90. The average molecular weight is 159 g/mol. The Kier molecular flexibility index (Phi) is 4.69. The largest absolute Gasteiger partial charge is 0.381 e. The summed E-state index contributed by atoms with van der Waals surface area (Å²) in [4.78, 5) is 0. The first kappa shape index (κ1) is 10.9. The first-order valence-corrected chi connectivity index (χ1v) is 4.41. The zero-order valence-corrected chi connectivity index (χ0v) is 8.18. The normalized spacial score (nSPS) is 19.4. The zero-order valence-electron chi connectivity index (χ0n) is 8.18. The predicted octanol–water partition coefficient (Wildman–Crippen LogP) is 1.79. The lowest BCUT2D eigenvalue weighted by molar-refractivity contribution is 0.0861. The van der Waals surface area contributed by atoms with Crippen LogP contribution in [0.5, 0.6) is 0 Å². The van der Waals surface area contributed by atoms with Crippen LogP contribution in [0.15, 0.2) is 0 Å². The SMILES string of the molecule is CCOCC(C)C(C)(N)CC. The van der Waals surface area contributed by atoms with Crippen LogP contribution in [0.3, 0.4) is 0 Å². The van der Waals surface area contributed by atoms with Crippen molar-refractivity contribution in [2.75, 3.05) is 13.2 Å². The minimum absolute atomic E-state index is 0.0742. The van der Waals surface area contributed by atoms with Gasteiger partial charge in [-0.25, -0.2) is 0 Å². The maximum Gasteiger partial charge on any atom is 0.0508 e. The van der Waals surface area contributed by atoms with Crippen molar-refractivity contribution in [2.45, 2.75) is 39.7 Å². The van der Waals surface area contributed by atoms with Crippen LogP contribution < -0.4 is 5.73 Å². The molecule has 0 aromatic carbocycles. The van der Waals surface area contributed by atoms with Gasteiger partial charge in [-0.05, 0) is 26.2 Å². The molecule has 0 bridgehead atoms. The summed E-state index contributed by atoms with van der Waals surface area (Å²) in [6, 6.07) is 0. The monoisotopic (exact) mass is 159 g/mol. The fraction of sp³-hybridized carbons (Fsp3) is 1.00. The van der Waals surface area contributed by atoms with Crippen LogP contribution in [0.25, 0.3) is 0 Å². The van der Waals surface area contributed by atoms with E-state index in [2.05, 4.69) is 20.8 Å². The van der Waals surface area contributed by atoms with Gasteiger partial charge in [-0.2, -0.15) is 0 Å². The lowest BCUT2D eigenvalue weighted by atomic mass is 9.86. The van der Waals surface area contributed by atoms with Crippen LogP contribution in [0.4, 0.5) is 0 Å². The number of ether oxygens (including phenoxy) is 1. The van der Waals surface area contributed by atoms with Crippen molar-refractivity contribution in [3.05, 3.63) is 0 Å². The van der Waals surface area contributed by atoms with Crippen LogP contribution in [-0.4, -0.2) is 18.8 Å². The molecule has 0 aliphatic heterocycles. The quantitative estimate of drug-likeness (QED) is 0.663. The third-order valence-corrected chi connectivity index (χ3v) is 2.46. The second-order valence-corrected chi connectivity index (χ2v) is 3.42. The molecule has 0 aliphatic carbocycles. The van der Waals surface area contributed by atoms with E-state index in [1.54, 1.807) is 0 Å². The van der Waals surface area contributed by atoms with Crippen LogP contribution in [0.2, 0.25) is 0 Å². The van der Waals surface area contributed by atoms with Gasteiger partial charge in [0.05, 0.1) is 6.61 Å². The Bertz CT molecular complexity index is 102. The Morgan fingerprint density at radius 1 is 1.45 bits per heavy atom. The third kappa shape index (κ3) is 3.73. The number of hydrogen-bond donors (Lipinski definition) is 1. The van der Waals surface area contributed by atoms with E-state index in [0.29, 0.717) is 5.92 Å². The molecule has 0 spiro atoms. The van der Waals surface area contributed by atoms with Gasteiger partial charge in [-0.15, -0.1) is 0 Å². The Morgan fingerprint density at radius 2 is 2.00 bits per heavy atom. The van der Waals surface area contributed by atoms with E-state index in [-0.39, 0.29) is 5.54 Å². The highest BCUT2D eigenvalue weighted by molar-refractivity contribution is 4.82. The van der Waals surface area contributed by atoms with Crippen molar-refractivity contribution in [2.24, 2.45) is 11.7 Å².